The van der Waals surface area contributed by atoms with E-state index in [0.29, 0.717) is 6.54 Å². The molecule has 2 aromatic heterocycles. The molecule has 0 atom stereocenters. The minimum Gasteiger partial charge on any atom is -0.337 e. The molecule has 10 aromatic carbocycles. The summed E-state index contributed by atoms with van der Waals surface area (Å²) in [6, 6.07) is 71.7. The summed E-state index contributed by atoms with van der Waals surface area (Å²) in [4.78, 5) is 2.45. The first-order valence-electron chi connectivity index (χ1n) is 21.9. The van der Waals surface area contributed by atoms with Gasteiger partial charge in [-0.15, -0.1) is 22.7 Å². The number of thiophene rings is 2. The van der Waals surface area contributed by atoms with E-state index in [1.54, 1.807) is 0 Å². The average Bonchev–Trinajstić information content (AvgIpc) is 3.95. The van der Waals surface area contributed by atoms with Crippen molar-refractivity contribution in [2.75, 3.05) is 11.4 Å². The lowest BCUT2D eigenvalue weighted by atomic mass is 9.92. The molecular weight excluding hydrogens is 811 g/mol. The summed E-state index contributed by atoms with van der Waals surface area (Å²) in [5.41, 5.74) is 11.6. The number of hydrogen-bond donors (Lipinski definition) is 0. The highest BCUT2D eigenvalue weighted by Crippen LogP contribution is 2.45. The molecule has 13 rings (SSSR count). The molecule has 0 saturated heterocycles. The van der Waals surface area contributed by atoms with E-state index < -0.39 is 0 Å². The Hall–Kier alpha value is -7.56. The summed E-state index contributed by atoms with van der Waals surface area (Å²) in [5.74, 6) is 0. The highest BCUT2D eigenvalue weighted by atomic mass is 32.1. The van der Waals surface area contributed by atoms with Crippen LogP contribution in [0.5, 0.6) is 0 Å². The lowest BCUT2D eigenvalue weighted by Crippen LogP contribution is -2.18. The second-order valence-corrected chi connectivity index (χ2v) is 18.9. The SMILES string of the molecule is C=C1/C=C(c2cccc3c2sc2ccccc23)\C=C/CN(c2ccc(-c3ccc4c5ccccc5c5ccccc5c4c3)cc2)c2ccc(-c3cccc4c3sc3ccccc34)cc21. The van der Waals surface area contributed by atoms with Gasteiger partial charge in [-0.2, -0.15) is 0 Å². The van der Waals surface area contributed by atoms with Crippen molar-refractivity contribution in [3.8, 4) is 22.3 Å². The predicted molar refractivity (Wildman–Crippen MR) is 282 cm³/mol. The molecular formula is C61H39NS2. The molecule has 0 amide bonds. The fourth-order valence-electron chi connectivity index (χ4n) is 10.2. The van der Waals surface area contributed by atoms with Crippen molar-refractivity contribution in [2.45, 2.75) is 0 Å². The van der Waals surface area contributed by atoms with Crippen LogP contribution in [0.15, 0.2) is 219 Å². The van der Waals surface area contributed by atoms with Gasteiger partial charge in [0, 0.05) is 63.8 Å². The van der Waals surface area contributed by atoms with Gasteiger partial charge in [-0.05, 0) is 120 Å². The molecule has 1 nitrogen and oxygen atoms in total. The normalized spacial score (nSPS) is 14.6. The molecule has 0 saturated carbocycles. The Balaban J connectivity index is 0.946. The number of rotatable bonds is 4. The van der Waals surface area contributed by atoms with Crippen LogP contribution < -0.4 is 4.90 Å². The van der Waals surface area contributed by atoms with Crippen molar-refractivity contribution in [3.05, 3.63) is 230 Å². The smallest absolute Gasteiger partial charge is 0.0493 e. The highest BCUT2D eigenvalue weighted by molar-refractivity contribution is 7.26. The molecule has 300 valence electrons. The first-order chi connectivity index (χ1) is 31.6. The molecule has 3 heterocycles. The van der Waals surface area contributed by atoms with Gasteiger partial charge in [0.05, 0.1) is 0 Å². The fraction of sp³-hybridized carbons (Fsp3) is 0.0164. The quantitative estimate of drug-likeness (QED) is 0.160. The molecule has 0 aliphatic carbocycles. The maximum absolute atomic E-state index is 4.85. The van der Waals surface area contributed by atoms with Crippen LogP contribution in [0.25, 0.3) is 106 Å². The van der Waals surface area contributed by atoms with E-state index in [4.69, 9.17) is 6.58 Å². The van der Waals surface area contributed by atoms with Crippen LogP contribution in [-0.2, 0) is 0 Å². The zero-order valence-electron chi connectivity index (χ0n) is 34.9. The zero-order valence-corrected chi connectivity index (χ0v) is 36.5. The van der Waals surface area contributed by atoms with E-state index in [9.17, 15) is 0 Å². The van der Waals surface area contributed by atoms with Crippen molar-refractivity contribution in [2.24, 2.45) is 0 Å². The number of hydrogen-bond acceptors (Lipinski definition) is 3. The second-order valence-electron chi connectivity index (χ2n) is 16.8. The molecule has 1 aliphatic heterocycles. The van der Waals surface area contributed by atoms with Crippen molar-refractivity contribution < 1.29 is 0 Å². The van der Waals surface area contributed by atoms with Crippen LogP contribution >= 0.6 is 22.7 Å². The van der Waals surface area contributed by atoms with Crippen LogP contribution in [0.1, 0.15) is 11.1 Å². The largest absolute Gasteiger partial charge is 0.337 e. The summed E-state index contributed by atoms with van der Waals surface area (Å²) in [6.45, 7) is 5.54. The van der Waals surface area contributed by atoms with E-state index in [0.717, 1.165) is 22.5 Å². The lowest BCUT2D eigenvalue weighted by Gasteiger charge is -2.27. The minimum atomic E-state index is 0.694. The molecule has 0 spiro atoms. The minimum absolute atomic E-state index is 0.694. The third kappa shape index (κ3) is 5.89. The topological polar surface area (TPSA) is 3.24 Å². The van der Waals surface area contributed by atoms with E-state index in [2.05, 4.69) is 217 Å². The molecule has 3 heteroatoms. The van der Waals surface area contributed by atoms with Crippen molar-refractivity contribution in [1.29, 1.82) is 0 Å². The molecule has 0 fully saturated rings. The molecule has 0 bridgehead atoms. The van der Waals surface area contributed by atoms with Gasteiger partial charge in [0.1, 0.15) is 0 Å². The van der Waals surface area contributed by atoms with Crippen molar-refractivity contribution in [3.63, 3.8) is 0 Å². The van der Waals surface area contributed by atoms with Crippen LogP contribution in [0.4, 0.5) is 11.4 Å². The predicted octanol–water partition coefficient (Wildman–Crippen LogP) is 18.0. The molecule has 0 radical (unpaired) electrons. The van der Waals surface area contributed by atoms with Crippen molar-refractivity contribution >= 4 is 118 Å². The molecule has 64 heavy (non-hydrogen) atoms. The summed E-state index contributed by atoms with van der Waals surface area (Å²) in [5, 5.41) is 13.0. The number of fused-ring (bicyclic) bond motifs is 13. The monoisotopic (exact) mass is 849 g/mol. The van der Waals surface area contributed by atoms with Gasteiger partial charge in [-0.3, -0.25) is 0 Å². The summed E-state index contributed by atoms with van der Waals surface area (Å²) in [7, 11) is 0. The van der Waals surface area contributed by atoms with Gasteiger partial charge in [0.15, 0.2) is 0 Å². The summed E-state index contributed by atoms with van der Waals surface area (Å²) < 4.78 is 5.24. The number of anilines is 2. The lowest BCUT2D eigenvalue weighted by molar-refractivity contribution is 1.09. The summed E-state index contributed by atoms with van der Waals surface area (Å²) >= 11 is 3.75. The van der Waals surface area contributed by atoms with Crippen LogP contribution in [0, 0.1) is 0 Å². The first-order valence-corrected chi connectivity index (χ1v) is 23.5. The Morgan fingerprint density at radius 3 is 1.56 bits per heavy atom. The van der Waals surface area contributed by atoms with Gasteiger partial charge in [0.25, 0.3) is 0 Å². The Morgan fingerprint density at radius 2 is 0.906 bits per heavy atom. The molecule has 1 aliphatic rings. The Kier molecular flexibility index (Phi) is 8.55. The highest BCUT2D eigenvalue weighted by Gasteiger charge is 2.20. The molecule has 0 unspecified atom stereocenters. The average molecular weight is 850 g/mol. The van der Waals surface area contributed by atoms with Gasteiger partial charge < -0.3 is 4.90 Å². The molecule has 12 aromatic rings. The van der Waals surface area contributed by atoms with Gasteiger partial charge in [-0.25, -0.2) is 0 Å². The zero-order chi connectivity index (χ0) is 42.3. The van der Waals surface area contributed by atoms with Gasteiger partial charge >= 0.3 is 0 Å². The fourth-order valence-corrected chi connectivity index (χ4v) is 12.7. The Labute approximate surface area is 379 Å². The maximum atomic E-state index is 4.85. The van der Waals surface area contributed by atoms with E-state index >= 15 is 0 Å². The molecule has 0 N–H and O–H groups in total. The van der Waals surface area contributed by atoms with Gasteiger partial charge in [-0.1, -0.05) is 170 Å². The Morgan fingerprint density at radius 1 is 0.391 bits per heavy atom. The summed E-state index contributed by atoms with van der Waals surface area (Å²) in [6.07, 6.45) is 6.93. The van der Waals surface area contributed by atoms with Crippen LogP contribution in [0.2, 0.25) is 0 Å². The number of nitrogens with zero attached hydrogens (tertiary/aromatic N) is 1. The maximum Gasteiger partial charge on any atom is 0.0493 e. The van der Waals surface area contributed by atoms with E-state index in [-0.39, 0.29) is 0 Å². The van der Waals surface area contributed by atoms with Crippen LogP contribution in [-0.4, -0.2) is 6.54 Å². The van der Waals surface area contributed by atoms with E-state index in [1.165, 1.54) is 106 Å². The number of benzene rings is 10. The number of allylic oxidation sites excluding steroid dienone is 4. The second kappa shape index (κ2) is 14.8. The standard InChI is InChI=1S/C61H39NS2/c1-38-35-41(44-20-10-22-53-51-18-6-8-24-58(51)63-60(44)53)13-12-34-62(57-33-29-42(37-55(38)57)45-21-11-23-54-52-19-7-9-25-59(52)64-61(45)54)43-30-26-39(27-31-43)40-28-32-50-48-16-3-2-14-46(48)47-15-4-5-17-49(47)56(50)36-40/h2-33,35-37H,1,34H2/b13-12-,41-35+. The Bertz CT molecular complexity index is 3920. The van der Waals surface area contributed by atoms with Gasteiger partial charge in [0.2, 0.25) is 0 Å². The third-order valence-electron chi connectivity index (χ3n) is 13.2. The third-order valence-corrected chi connectivity index (χ3v) is 15.7. The van der Waals surface area contributed by atoms with Crippen LogP contribution in [0.3, 0.4) is 0 Å². The first kappa shape index (κ1) is 37.0. The van der Waals surface area contributed by atoms with Crippen molar-refractivity contribution in [1.82, 2.24) is 0 Å². The van der Waals surface area contributed by atoms with E-state index in [1.807, 2.05) is 22.7 Å².